The van der Waals surface area contributed by atoms with Gasteiger partial charge in [0.15, 0.2) is 11.5 Å². The van der Waals surface area contributed by atoms with E-state index in [1.165, 1.54) is 35.2 Å². The Morgan fingerprint density at radius 1 is 0.925 bits per heavy atom. The number of hydrogen-bond donors (Lipinski definition) is 1. The Bertz CT molecular complexity index is 1450. The standard InChI is InChI=1S/C29H32FN3O6S/c1-20(2)31-29(35)21(3)32(18-22-7-5-4-6-8-22)28(34)19-33(24-11-9-23(30)10-12-24)40(36,37)25-13-14-26-27(17-25)39-16-15-38-26/h4-14,17,20-21H,15-16,18-19H2,1-3H3,(H,31,35)/t21-/m0/s1. The Morgan fingerprint density at radius 3 is 2.23 bits per heavy atom. The van der Waals surface area contributed by atoms with E-state index in [4.69, 9.17) is 9.47 Å². The minimum Gasteiger partial charge on any atom is -0.486 e. The van der Waals surface area contributed by atoms with E-state index in [1.54, 1.807) is 6.92 Å². The molecule has 0 unspecified atom stereocenters. The summed E-state index contributed by atoms with van der Waals surface area (Å²) in [5, 5.41) is 2.81. The second-order valence-corrected chi connectivity index (χ2v) is 11.5. The summed E-state index contributed by atoms with van der Waals surface area (Å²) in [5.41, 5.74) is 0.853. The number of ether oxygens (including phenoxy) is 2. The van der Waals surface area contributed by atoms with Gasteiger partial charge < -0.3 is 19.7 Å². The number of nitrogens with one attached hydrogen (secondary N) is 1. The molecule has 0 bridgehead atoms. The molecule has 3 aromatic rings. The summed E-state index contributed by atoms with van der Waals surface area (Å²) in [6, 6.07) is 17.0. The molecule has 40 heavy (non-hydrogen) atoms. The lowest BCUT2D eigenvalue weighted by molar-refractivity contribution is -0.139. The normalized spacial score (nSPS) is 13.4. The maximum absolute atomic E-state index is 14.0. The summed E-state index contributed by atoms with van der Waals surface area (Å²) in [4.78, 5) is 28.0. The summed E-state index contributed by atoms with van der Waals surface area (Å²) < 4.78 is 53.7. The zero-order valence-corrected chi connectivity index (χ0v) is 23.4. The molecule has 4 rings (SSSR count). The zero-order chi connectivity index (χ0) is 28.9. The molecule has 9 nitrogen and oxygen atoms in total. The predicted molar refractivity (Wildman–Crippen MR) is 148 cm³/mol. The van der Waals surface area contributed by atoms with Crippen LogP contribution >= 0.6 is 0 Å². The van der Waals surface area contributed by atoms with Gasteiger partial charge in [-0.05, 0) is 62.7 Å². The maximum Gasteiger partial charge on any atom is 0.264 e. The number of fused-ring (bicyclic) bond motifs is 1. The first-order valence-corrected chi connectivity index (χ1v) is 14.3. The van der Waals surface area contributed by atoms with Crippen molar-refractivity contribution in [2.45, 2.75) is 44.3 Å². The van der Waals surface area contributed by atoms with E-state index in [0.29, 0.717) is 12.4 Å². The molecule has 0 spiro atoms. The third-order valence-corrected chi connectivity index (χ3v) is 8.06. The van der Waals surface area contributed by atoms with Gasteiger partial charge in [0.2, 0.25) is 11.8 Å². The zero-order valence-electron chi connectivity index (χ0n) is 22.5. The van der Waals surface area contributed by atoms with Crippen LogP contribution < -0.4 is 19.1 Å². The van der Waals surface area contributed by atoms with Crippen LogP contribution in [0, 0.1) is 5.82 Å². The van der Waals surface area contributed by atoms with Gasteiger partial charge in [-0.2, -0.15) is 0 Å². The molecule has 1 N–H and O–H groups in total. The summed E-state index contributed by atoms with van der Waals surface area (Å²) >= 11 is 0. The largest absolute Gasteiger partial charge is 0.486 e. The third kappa shape index (κ3) is 6.71. The van der Waals surface area contributed by atoms with Gasteiger partial charge in [-0.1, -0.05) is 30.3 Å². The van der Waals surface area contributed by atoms with Crippen LogP contribution in [0.15, 0.2) is 77.7 Å². The monoisotopic (exact) mass is 569 g/mol. The number of hydrogen-bond acceptors (Lipinski definition) is 6. The van der Waals surface area contributed by atoms with Crippen molar-refractivity contribution >= 4 is 27.5 Å². The van der Waals surface area contributed by atoms with Crippen molar-refractivity contribution in [2.75, 3.05) is 24.1 Å². The molecular weight excluding hydrogens is 537 g/mol. The number of halogens is 1. The number of sulfonamides is 1. The highest BCUT2D eigenvalue weighted by Crippen LogP contribution is 2.34. The minimum atomic E-state index is -4.34. The fraction of sp³-hybridized carbons (Fsp3) is 0.310. The van der Waals surface area contributed by atoms with Crippen LogP contribution in [0.3, 0.4) is 0 Å². The van der Waals surface area contributed by atoms with E-state index in [2.05, 4.69) is 5.32 Å². The van der Waals surface area contributed by atoms with Crippen LogP contribution in [-0.2, 0) is 26.2 Å². The van der Waals surface area contributed by atoms with Crippen molar-refractivity contribution in [3.63, 3.8) is 0 Å². The maximum atomic E-state index is 14.0. The molecule has 1 atom stereocenters. The summed E-state index contributed by atoms with van der Waals surface area (Å²) in [7, 11) is -4.34. The van der Waals surface area contributed by atoms with Gasteiger partial charge in [0.25, 0.3) is 10.0 Å². The molecule has 1 heterocycles. The lowest BCUT2D eigenvalue weighted by Gasteiger charge is -2.32. The highest BCUT2D eigenvalue weighted by Gasteiger charge is 2.33. The van der Waals surface area contributed by atoms with Gasteiger partial charge in [-0.3, -0.25) is 13.9 Å². The Labute approximate surface area is 233 Å². The first-order valence-electron chi connectivity index (χ1n) is 12.9. The molecule has 212 valence electrons. The molecule has 0 saturated carbocycles. The average Bonchev–Trinajstić information content (AvgIpc) is 2.94. The molecule has 0 saturated heterocycles. The van der Waals surface area contributed by atoms with E-state index in [1.807, 2.05) is 44.2 Å². The molecular formula is C29H32FN3O6S. The van der Waals surface area contributed by atoms with E-state index in [0.717, 1.165) is 22.0 Å². The van der Waals surface area contributed by atoms with Gasteiger partial charge in [0.05, 0.1) is 10.6 Å². The molecule has 3 aromatic carbocycles. The van der Waals surface area contributed by atoms with Gasteiger partial charge in [-0.15, -0.1) is 0 Å². The Morgan fingerprint density at radius 2 is 1.57 bits per heavy atom. The topological polar surface area (TPSA) is 105 Å². The quantitative estimate of drug-likeness (QED) is 0.399. The van der Waals surface area contributed by atoms with Crippen LogP contribution in [0.5, 0.6) is 11.5 Å². The van der Waals surface area contributed by atoms with Crippen molar-refractivity contribution < 1.29 is 31.9 Å². The van der Waals surface area contributed by atoms with Crippen LogP contribution in [0.2, 0.25) is 0 Å². The lowest BCUT2D eigenvalue weighted by Crippen LogP contribution is -2.52. The van der Waals surface area contributed by atoms with Gasteiger partial charge in [0, 0.05) is 18.7 Å². The fourth-order valence-electron chi connectivity index (χ4n) is 4.22. The minimum absolute atomic E-state index is 0.0771. The Hall–Kier alpha value is -4.12. The summed E-state index contributed by atoms with van der Waals surface area (Å²) in [5.74, 6) is -0.865. The Balaban J connectivity index is 1.71. The summed E-state index contributed by atoms with van der Waals surface area (Å²) in [6.07, 6.45) is 0. The van der Waals surface area contributed by atoms with Crippen LogP contribution in [0.4, 0.5) is 10.1 Å². The number of amides is 2. The molecule has 2 amide bonds. The number of carbonyl (C=O) groups is 2. The Kier molecular flexibility index (Phi) is 8.93. The number of benzene rings is 3. The van der Waals surface area contributed by atoms with Gasteiger partial charge in [0.1, 0.15) is 31.6 Å². The van der Waals surface area contributed by atoms with Crippen molar-refractivity contribution in [1.82, 2.24) is 10.2 Å². The molecule has 1 aliphatic rings. The van der Waals surface area contributed by atoms with Gasteiger partial charge >= 0.3 is 0 Å². The average molecular weight is 570 g/mol. The molecule has 0 fully saturated rings. The van der Waals surface area contributed by atoms with E-state index in [-0.39, 0.29) is 41.4 Å². The number of carbonyl (C=O) groups excluding carboxylic acids is 2. The SMILES string of the molecule is CC(C)NC(=O)[C@H](C)N(Cc1ccccc1)C(=O)CN(c1ccc(F)cc1)S(=O)(=O)c1ccc2c(c1)OCCO2. The first-order chi connectivity index (χ1) is 19.1. The van der Waals surface area contributed by atoms with Crippen molar-refractivity contribution in [2.24, 2.45) is 0 Å². The van der Waals surface area contributed by atoms with Crippen molar-refractivity contribution in [3.8, 4) is 11.5 Å². The van der Waals surface area contributed by atoms with E-state index < -0.39 is 34.3 Å². The van der Waals surface area contributed by atoms with Gasteiger partial charge in [-0.25, -0.2) is 12.8 Å². The smallest absolute Gasteiger partial charge is 0.264 e. The number of rotatable bonds is 10. The highest BCUT2D eigenvalue weighted by atomic mass is 32.2. The van der Waals surface area contributed by atoms with E-state index in [9.17, 15) is 22.4 Å². The fourth-order valence-corrected chi connectivity index (χ4v) is 5.65. The van der Waals surface area contributed by atoms with Crippen molar-refractivity contribution in [3.05, 3.63) is 84.2 Å². The highest BCUT2D eigenvalue weighted by molar-refractivity contribution is 7.92. The summed E-state index contributed by atoms with van der Waals surface area (Å²) in [6.45, 7) is 5.27. The number of anilines is 1. The molecule has 0 aliphatic carbocycles. The third-order valence-electron chi connectivity index (χ3n) is 6.29. The second-order valence-electron chi connectivity index (χ2n) is 9.64. The van der Waals surface area contributed by atoms with Crippen LogP contribution in [0.1, 0.15) is 26.3 Å². The van der Waals surface area contributed by atoms with Crippen LogP contribution in [-0.4, -0.2) is 57.0 Å². The number of nitrogens with zero attached hydrogens (tertiary/aromatic N) is 2. The molecule has 11 heteroatoms. The molecule has 0 aromatic heterocycles. The second kappa shape index (κ2) is 12.4. The predicted octanol–water partition coefficient (Wildman–Crippen LogP) is 3.73. The molecule has 1 aliphatic heterocycles. The van der Waals surface area contributed by atoms with E-state index >= 15 is 0 Å². The first kappa shape index (κ1) is 28.9. The molecule has 0 radical (unpaired) electrons. The lowest BCUT2D eigenvalue weighted by atomic mass is 10.1. The van der Waals surface area contributed by atoms with Crippen molar-refractivity contribution in [1.29, 1.82) is 0 Å². The van der Waals surface area contributed by atoms with Crippen LogP contribution in [0.25, 0.3) is 0 Å².